The first kappa shape index (κ1) is 13.6. The predicted octanol–water partition coefficient (Wildman–Crippen LogP) is 3.30. The molecule has 19 heavy (non-hydrogen) atoms. The van der Waals surface area contributed by atoms with Crippen molar-refractivity contribution in [1.29, 1.82) is 0 Å². The molecule has 0 unspecified atom stereocenters. The van der Waals surface area contributed by atoms with Crippen molar-refractivity contribution in [2.45, 2.75) is 32.6 Å². The molecule has 1 aromatic rings. The summed E-state index contributed by atoms with van der Waals surface area (Å²) < 4.78 is 0. The molecule has 1 heterocycles. The number of hydrogen-bond donors (Lipinski definition) is 1. The van der Waals surface area contributed by atoms with Gasteiger partial charge in [-0.15, -0.1) is 0 Å². The Labute approximate surface area is 113 Å². The van der Waals surface area contributed by atoms with Crippen LogP contribution in [0.1, 0.15) is 43.0 Å². The van der Waals surface area contributed by atoms with E-state index >= 15 is 0 Å². The summed E-state index contributed by atoms with van der Waals surface area (Å²) in [7, 11) is 0. The molecule has 1 N–H and O–H groups in total. The molecule has 1 saturated heterocycles. The van der Waals surface area contributed by atoms with Crippen LogP contribution in [-0.2, 0) is 0 Å². The lowest BCUT2D eigenvalue weighted by Gasteiger charge is -2.20. The van der Waals surface area contributed by atoms with Gasteiger partial charge in [0.2, 0.25) is 0 Å². The largest absolute Gasteiger partial charge is 0.325 e. The molecule has 0 atom stereocenters. The molecular weight excluding hydrogens is 240 g/mol. The van der Waals surface area contributed by atoms with E-state index in [0.29, 0.717) is 5.56 Å². The number of likely N-dealkylation sites (tertiary alicyclic amines) is 1. The molecule has 0 aromatic heterocycles. The number of amides is 2. The van der Waals surface area contributed by atoms with Crippen LogP contribution in [-0.4, -0.2) is 29.8 Å². The van der Waals surface area contributed by atoms with E-state index in [1.54, 1.807) is 24.3 Å². The molecule has 1 aliphatic rings. The summed E-state index contributed by atoms with van der Waals surface area (Å²) in [6, 6.07) is 6.97. The second kappa shape index (κ2) is 6.36. The number of urea groups is 1. The SMILES string of the molecule is CC(=O)c1ccc(NC(=O)N2CCCCCC2)cc1. The lowest BCUT2D eigenvalue weighted by molar-refractivity contribution is 0.101. The van der Waals surface area contributed by atoms with E-state index in [1.165, 1.54) is 19.8 Å². The zero-order valence-corrected chi connectivity index (χ0v) is 11.3. The van der Waals surface area contributed by atoms with Gasteiger partial charge in [-0.3, -0.25) is 4.79 Å². The second-order valence-corrected chi connectivity index (χ2v) is 4.96. The average Bonchev–Trinajstić information content (AvgIpc) is 2.68. The Balaban J connectivity index is 1.95. The lowest BCUT2D eigenvalue weighted by atomic mass is 10.1. The Morgan fingerprint density at radius 2 is 1.58 bits per heavy atom. The van der Waals surface area contributed by atoms with Gasteiger partial charge in [-0.05, 0) is 44.0 Å². The number of anilines is 1. The molecule has 2 rings (SSSR count). The first-order chi connectivity index (χ1) is 9.16. The summed E-state index contributed by atoms with van der Waals surface area (Å²) in [5.41, 5.74) is 1.40. The van der Waals surface area contributed by atoms with Gasteiger partial charge < -0.3 is 10.2 Å². The number of carbonyl (C=O) groups excluding carboxylic acids is 2. The number of Topliss-reactive ketones (excluding diaryl/α,β-unsaturated/α-hetero) is 1. The summed E-state index contributed by atoms with van der Waals surface area (Å²) in [6.45, 7) is 3.19. The highest BCUT2D eigenvalue weighted by Gasteiger charge is 2.15. The van der Waals surface area contributed by atoms with Gasteiger partial charge in [-0.25, -0.2) is 4.79 Å². The van der Waals surface area contributed by atoms with Crippen LogP contribution in [0.3, 0.4) is 0 Å². The van der Waals surface area contributed by atoms with Crippen LogP contribution in [0.5, 0.6) is 0 Å². The van der Waals surface area contributed by atoms with Crippen LogP contribution in [0, 0.1) is 0 Å². The molecule has 4 heteroatoms. The Bertz CT molecular complexity index is 446. The van der Waals surface area contributed by atoms with Gasteiger partial charge >= 0.3 is 6.03 Å². The maximum Gasteiger partial charge on any atom is 0.321 e. The number of hydrogen-bond acceptors (Lipinski definition) is 2. The zero-order chi connectivity index (χ0) is 13.7. The molecule has 0 bridgehead atoms. The van der Waals surface area contributed by atoms with E-state index in [0.717, 1.165) is 31.6 Å². The maximum absolute atomic E-state index is 12.1. The van der Waals surface area contributed by atoms with Gasteiger partial charge in [0, 0.05) is 24.3 Å². The zero-order valence-electron chi connectivity index (χ0n) is 11.3. The van der Waals surface area contributed by atoms with Gasteiger partial charge in [-0.2, -0.15) is 0 Å². The van der Waals surface area contributed by atoms with E-state index in [9.17, 15) is 9.59 Å². The molecule has 1 aliphatic heterocycles. The predicted molar refractivity (Wildman–Crippen MR) is 75.5 cm³/mol. The Kier molecular flexibility index (Phi) is 4.55. The van der Waals surface area contributed by atoms with Crippen molar-refractivity contribution in [2.75, 3.05) is 18.4 Å². The van der Waals surface area contributed by atoms with Crippen molar-refractivity contribution in [3.05, 3.63) is 29.8 Å². The van der Waals surface area contributed by atoms with Crippen LogP contribution in [0.2, 0.25) is 0 Å². The van der Waals surface area contributed by atoms with Gasteiger partial charge in [-0.1, -0.05) is 12.8 Å². The van der Waals surface area contributed by atoms with Crippen LogP contribution in [0.4, 0.5) is 10.5 Å². The molecule has 102 valence electrons. The van der Waals surface area contributed by atoms with Gasteiger partial charge in [0.25, 0.3) is 0 Å². The van der Waals surface area contributed by atoms with Crippen molar-refractivity contribution in [1.82, 2.24) is 4.90 Å². The quantitative estimate of drug-likeness (QED) is 0.829. The average molecular weight is 260 g/mol. The third kappa shape index (κ3) is 3.81. The number of nitrogens with zero attached hydrogens (tertiary/aromatic N) is 1. The minimum absolute atomic E-state index is 0.0328. The minimum atomic E-state index is -0.0440. The van der Waals surface area contributed by atoms with E-state index in [4.69, 9.17) is 0 Å². The summed E-state index contributed by atoms with van der Waals surface area (Å²) in [5.74, 6) is 0.0328. The van der Waals surface area contributed by atoms with Gasteiger partial charge in [0.05, 0.1) is 0 Å². The highest BCUT2D eigenvalue weighted by Crippen LogP contribution is 2.14. The molecular formula is C15H20N2O2. The van der Waals surface area contributed by atoms with E-state index in [-0.39, 0.29) is 11.8 Å². The summed E-state index contributed by atoms with van der Waals surface area (Å²) >= 11 is 0. The van der Waals surface area contributed by atoms with Crippen molar-refractivity contribution >= 4 is 17.5 Å². The monoisotopic (exact) mass is 260 g/mol. The fraction of sp³-hybridized carbons (Fsp3) is 0.467. The van der Waals surface area contributed by atoms with Crippen LogP contribution < -0.4 is 5.32 Å². The van der Waals surface area contributed by atoms with Crippen molar-refractivity contribution < 1.29 is 9.59 Å². The molecule has 0 radical (unpaired) electrons. The van der Waals surface area contributed by atoms with Crippen molar-refractivity contribution in [3.8, 4) is 0 Å². The number of rotatable bonds is 2. The summed E-state index contributed by atoms with van der Waals surface area (Å²) in [4.78, 5) is 25.1. The number of nitrogens with one attached hydrogen (secondary N) is 1. The smallest absolute Gasteiger partial charge is 0.321 e. The van der Waals surface area contributed by atoms with E-state index < -0.39 is 0 Å². The van der Waals surface area contributed by atoms with Gasteiger partial charge in [0.1, 0.15) is 0 Å². The number of ketones is 1. The molecule has 4 nitrogen and oxygen atoms in total. The van der Waals surface area contributed by atoms with Gasteiger partial charge in [0.15, 0.2) is 5.78 Å². The fourth-order valence-electron chi connectivity index (χ4n) is 2.26. The van der Waals surface area contributed by atoms with Crippen molar-refractivity contribution in [2.24, 2.45) is 0 Å². The highest BCUT2D eigenvalue weighted by atomic mass is 16.2. The summed E-state index contributed by atoms with van der Waals surface area (Å²) in [5, 5.41) is 2.88. The van der Waals surface area contributed by atoms with Crippen LogP contribution in [0.25, 0.3) is 0 Å². The Morgan fingerprint density at radius 1 is 1.00 bits per heavy atom. The first-order valence-electron chi connectivity index (χ1n) is 6.84. The fourth-order valence-corrected chi connectivity index (χ4v) is 2.26. The Hall–Kier alpha value is -1.84. The molecule has 1 fully saturated rings. The number of benzene rings is 1. The van der Waals surface area contributed by atoms with Crippen LogP contribution >= 0.6 is 0 Å². The summed E-state index contributed by atoms with van der Waals surface area (Å²) in [6.07, 6.45) is 4.57. The van der Waals surface area contributed by atoms with E-state index in [2.05, 4.69) is 5.32 Å². The molecule has 0 saturated carbocycles. The molecule has 1 aromatic carbocycles. The minimum Gasteiger partial charge on any atom is -0.325 e. The third-order valence-corrected chi connectivity index (χ3v) is 3.44. The topological polar surface area (TPSA) is 49.4 Å². The normalized spacial score (nSPS) is 15.7. The van der Waals surface area contributed by atoms with Crippen LogP contribution in [0.15, 0.2) is 24.3 Å². The lowest BCUT2D eigenvalue weighted by Crippen LogP contribution is -2.35. The maximum atomic E-state index is 12.1. The highest BCUT2D eigenvalue weighted by molar-refractivity contribution is 5.95. The Morgan fingerprint density at radius 3 is 2.11 bits per heavy atom. The second-order valence-electron chi connectivity index (χ2n) is 4.96. The molecule has 0 spiro atoms. The van der Waals surface area contributed by atoms with E-state index in [1.807, 2.05) is 4.90 Å². The molecule has 2 amide bonds. The number of carbonyl (C=O) groups is 2. The standard InChI is InChI=1S/C15H20N2O2/c1-12(18)13-6-8-14(9-7-13)16-15(19)17-10-4-2-3-5-11-17/h6-9H,2-5,10-11H2,1H3,(H,16,19). The molecule has 0 aliphatic carbocycles. The van der Waals surface area contributed by atoms with Crippen molar-refractivity contribution in [3.63, 3.8) is 0 Å². The first-order valence-corrected chi connectivity index (χ1v) is 6.84. The third-order valence-electron chi connectivity index (χ3n) is 3.44.